The summed E-state index contributed by atoms with van der Waals surface area (Å²) in [6, 6.07) is 14.8. The molecule has 0 aliphatic heterocycles. The third-order valence-electron chi connectivity index (χ3n) is 4.73. The summed E-state index contributed by atoms with van der Waals surface area (Å²) in [5.74, 6) is -0.273. The van der Waals surface area contributed by atoms with E-state index in [0.29, 0.717) is 0 Å². The molecule has 9 heteroatoms. The van der Waals surface area contributed by atoms with E-state index in [1.54, 1.807) is 11.0 Å². The third kappa shape index (κ3) is 4.50. The van der Waals surface area contributed by atoms with Gasteiger partial charge in [-0.05, 0) is 48.9 Å². The summed E-state index contributed by atoms with van der Waals surface area (Å²) in [5, 5.41) is 6.88. The van der Waals surface area contributed by atoms with Crippen LogP contribution in [0.5, 0.6) is 0 Å². The molecule has 2 aromatic carbocycles. The lowest BCUT2D eigenvalue weighted by molar-refractivity contribution is -0.137. The van der Waals surface area contributed by atoms with Crippen molar-refractivity contribution in [2.24, 2.45) is 0 Å². The van der Waals surface area contributed by atoms with Crippen molar-refractivity contribution in [1.29, 1.82) is 0 Å². The second-order valence-electron chi connectivity index (χ2n) is 6.87. The van der Waals surface area contributed by atoms with Crippen LogP contribution in [0.25, 0.3) is 17.0 Å². The van der Waals surface area contributed by atoms with Gasteiger partial charge in [-0.3, -0.25) is 4.79 Å². The average Bonchev–Trinajstić information content (AvgIpc) is 3.46. The van der Waals surface area contributed by atoms with Crippen molar-refractivity contribution in [3.05, 3.63) is 90.2 Å². The van der Waals surface area contributed by atoms with Gasteiger partial charge in [0.1, 0.15) is 18.4 Å². The molecule has 0 aliphatic carbocycles. The lowest BCUT2D eigenvalue weighted by atomic mass is 10.1. The minimum absolute atomic E-state index is 0.0125. The molecule has 0 bridgehead atoms. The number of carbonyl (C=O) groups excluding carboxylic acids is 1. The maximum absolute atomic E-state index is 12.9. The van der Waals surface area contributed by atoms with Gasteiger partial charge in [0.25, 0.3) is 5.91 Å². The van der Waals surface area contributed by atoms with Gasteiger partial charge in [-0.15, -0.1) is 0 Å². The molecule has 0 aliphatic rings. The fraction of sp³-hybridized carbons (Fsp3) is 0.136. The molecular formula is C22H17F3N4O2. The Bertz CT molecular complexity index is 1180. The molecule has 6 nitrogen and oxygen atoms in total. The molecule has 1 unspecified atom stereocenters. The highest BCUT2D eigenvalue weighted by atomic mass is 19.4. The zero-order valence-corrected chi connectivity index (χ0v) is 16.3. The van der Waals surface area contributed by atoms with Gasteiger partial charge in [0.2, 0.25) is 0 Å². The first-order chi connectivity index (χ1) is 14.8. The fourth-order valence-corrected chi connectivity index (χ4v) is 3.07. The lowest BCUT2D eigenvalue weighted by Gasteiger charge is -2.14. The Labute approximate surface area is 175 Å². The lowest BCUT2D eigenvalue weighted by Crippen LogP contribution is -2.26. The van der Waals surface area contributed by atoms with E-state index in [1.807, 2.05) is 31.2 Å². The van der Waals surface area contributed by atoms with Crippen LogP contribution in [-0.2, 0) is 6.18 Å². The van der Waals surface area contributed by atoms with E-state index in [-0.39, 0.29) is 23.1 Å². The molecule has 158 valence electrons. The monoisotopic (exact) mass is 426 g/mol. The average molecular weight is 426 g/mol. The molecule has 2 aromatic heterocycles. The summed E-state index contributed by atoms with van der Waals surface area (Å²) in [6.45, 7) is 1.82. The SMILES string of the molecule is CC(NC(=O)c1ccc(-c2cccc(C(F)(F)F)c2)o1)c1ccc(-n2cncn2)cc1. The Morgan fingerprint density at radius 1 is 1.10 bits per heavy atom. The number of furan rings is 1. The van der Waals surface area contributed by atoms with Gasteiger partial charge < -0.3 is 9.73 Å². The number of hydrogen-bond acceptors (Lipinski definition) is 4. The Balaban J connectivity index is 1.45. The van der Waals surface area contributed by atoms with E-state index >= 15 is 0 Å². The highest BCUT2D eigenvalue weighted by molar-refractivity contribution is 5.92. The van der Waals surface area contributed by atoms with E-state index in [0.717, 1.165) is 23.4 Å². The van der Waals surface area contributed by atoms with Crippen LogP contribution in [-0.4, -0.2) is 20.7 Å². The Kier molecular flexibility index (Phi) is 5.33. The highest BCUT2D eigenvalue weighted by Gasteiger charge is 2.30. The number of amides is 1. The number of alkyl halides is 3. The second kappa shape index (κ2) is 8.10. The second-order valence-corrected chi connectivity index (χ2v) is 6.87. The summed E-state index contributed by atoms with van der Waals surface area (Å²) < 4.78 is 45.9. The van der Waals surface area contributed by atoms with Crippen LogP contribution in [0, 0.1) is 0 Å². The maximum atomic E-state index is 12.9. The van der Waals surface area contributed by atoms with Gasteiger partial charge in [-0.25, -0.2) is 9.67 Å². The van der Waals surface area contributed by atoms with Gasteiger partial charge in [-0.1, -0.05) is 24.3 Å². The summed E-state index contributed by atoms with van der Waals surface area (Å²) in [4.78, 5) is 16.4. The van der Waals surface area contributed by atoms with Crippen molar-refractivity contribution in [3.8, 4) is 17.0 Å². The predicted molar refractivity (Wildman–Crippen MR) is 106 cm³/mol. The minimum atomic E-state index is -4.46. The number of nitrogens with one attached hydrogen (secondary N) is 1. The molecule has 0 spiro atoms. The number of halogens is 3. The number of hydrogen-bond donors (Lipinski definition) is 1. The van der Waals surface area contributed by atoms with E-state index in [9.17, 15) is 18.0 Å². The van der Waals surface area contributed by atoms with E-state index in [4.69, 9.17) is 4.42 Å². The molecule has 1 amide bonds. The van der Waals surface area contributed by atoms with Crippen molar-refractivity contribution in [1.82, 2.24) is 20.1 Å². The van der Waals surface area contributed by atoms with Crippen LogP contribution in [0.1, 0.15) is 34.6 Å². The minimum Gasteiger partial charge on any atom is -0.451 e. The number of nitrogens with zero attached hydrogens (tertiary/aromatic N) is 3. The van der Waals surface area contributed by atoms with E-state index in [2.05, 4.69) is 15.4 Å². The number of rotatable bonds is 5. The Morgan fingerprint density at radius 3 is 2.55 bits per heavy atom. The topological polar surface area (TPSA) is 73.0 Å². The summed E-state index contributed by atoms with van der Waals surface area (Å²) >= 11 is 0. The fourth-order valence-electron chi connectivity index (χ4n) is 3.07. The zero-order valence-electron chi connectivity index (χ0n) is 16.3. The first kappa shape index (κ1) is 20.4. The first-order valence-electron chi connectivity index (χ1n) is 9.34. The van der Waals surface area contributed by atoms with E-state index in [1.165, 1.54) is 30.6 Å². The van der Waals surface area contributed by atoms with Crippen LogP contribution in [0.3, 0.4) is 0 Å². The van der Waals surface area contributed by atoms with Gasteiger partial charge in [-0.2, -0.15) is 18.3 Å². The Hall–Kier alpha value is -3.88. The van der Waals surface area contributed by atoms with Crippen LogP contribution >= 0.6 is 0 Å². The standard InChI is InChI=1S/C22H17F3N4O2/c1-14(15-5-7-18(8-6-15)29-13-26-12-27-29)28-21(30)20-10-9-19(31-20)16-3-2-4-17(11-16)22(23,24)25/h2-14H,1H3,(H,28,30). The number of benzene rings is 2. The Morgan fingerprint density at radius 2 is 1.87 bits per heavy atom. The number of aromatic nitrogens is 3. The molecule has 0 radical (unpaired) electrons. The summed E-state index contributed by atoms with van der Waals surface area (Å²) in [5.41, 5.74) is 1.15. The van der Waals surface area contributed by atoms with Crippen molar-refractivity contribution >= 4 is 5.91 Å². The quantitative estimate of drug-likeness (QED) is 0.485. The molecule has 4 rings (SSSR count). The molecule has 2 heterocycles. The smallest absolute Gasteiger partial charge is 0.416 e. The van der Waals surface area contributed by atoms with E-state index < -0.39 is 17.6 Å². The maximum Gasteiger partial charge on any atom is 0.416 e. The molecule has 4 aromatic rings. The first-order valence-corrected chi connectivity index (χ1v) is 9.34. The number of carbonyl (C=O) groups is 1. The van der Waals surface area contributed by atoms with Crippen molar-refractivity contribution in [2.75, 3.05) is 0 Å². The molecule has 1 atom stereocenters. The zero-order chi connectivity index (χ0) is 22.0. The molecule has 0 saturated carbocycles. The predicted octanol–water partition coefficient (Wildman–Crippen LogP) is 5.04. The van der Waals surface area contributed by atoms with Gasteiger partial charge in [0.05, 0.1) is 17.3 Å². The van der Waals surface area contributed by atoms with Crippen LogP contribution < -0.4 is 5.32 Å². The van der Waals surface area contributed by atoms with Gasteiger partial charge in [0.15, 0.2) is 5.76 Å². The highest BCUT2D eigenvalue weighted by Crippen LogP contribution is 2.32. The van der Waals surface area contributed by atoms with Crippen molar-refractivity contribution in [2.45, 2.75) is 19.1 Å². The molecule has 0 fully saturated rings. The molecule has 31 heavy (non-hydrogen) atoms. The van der Waals surface area contributed by atoms with Crippen LogP contribution in [0.15, 0.2) is 77.7 Å². The largest absolute Gasteiger partial charge is 0.451 e. The van der Waals surface area contributed by atoms with Gasteiger partial charge >= 0.3 is 6.18 Å². The third-order valence-corrected chi connectivity index (χ3v) is 4.73. The van der Waals surface area contributed by atoms with Gasteiger partial charge in [0, 0.05) is 5.56 Å². The molecule has 0 saturated heterocycles. The van der Waals surface area contributed by atoms with Crippen molar-refractivity contribution < 1.29 is 22.4 Å². The summed E-state index contributed by atoms with van der Waals surface area (Å²) in [7, 11) is 0. The molecule has 1 N–H and O–H groups in total. The van der Waals surface area contributed by atoms with Crippen molar-refractivity contribution in [3.63, 3.8) is 0 Å². The normalized spacial score (nSPS) is 12.5. The van der Waals surface area contributed by atoms with Crippen LogP contribution in [0.2, 0.25) is 0 Å². The summed E-state index contributed by atoms with van der Waals surface area (Å²) in [6.07, 6.45) is -1.44. The van der Waals surface area contributed by atoms with Crippen LogP contribution in [0.4, 0.5) is 13.2 Å². The molecular weight excluding hydrogens is 409 g/mol.